The third-order valence-corrected chi connectivity index (χ3v) is 6.98. The smallest absolute Gasteiger partial charge is 0.416 e. The van der Waals surface area contributed by atoms with Crippen LogP contribution in [0.25, 0.3) is 0 Å². The van der Waals surface area contributed by atoms with Gasteiger partial charge in [-0.05, 0) is 49.1 Å². The SMILES string of the molecule is C[C@@H](OC[C@@]1(c2ccccc2)CC[C@]2(CO)CN1CC(=O)O2)c1cc(C(F)(F)F)cc(C(F)(F)F)c1. The van der Waals surface area contributed by atoms with Crippen molar-refractivity contribution in [2.45, 2.75) is 49.4 Å². The standard InChI is InChI=1S/C25H25F6NO4/c1-16(17-9-19(24(26,27)28)11-20(10-17)25(29,30)31)35-15-23(18-5-3-2-4-6-18)8-7-22(14-33)13-32(23)12-21(34)36-22/h2-6,9-11,16,33H,7-8,12-15H2,1H3/t16-,22-,23-/m1/s1. The second-order valence-corrected chi connectivity index (χ2v) is 9.36. The van der Waals surface area contributed by atoms with Crippen LogP contribution in [-0.4, -0.2) is 47.9 Å². The van der Waals surface area contributed by atoms with Gasteiger partial charge in [0, 0.05) is 6.54 Å². The molecular weight excluding hydrogens is 492 g/mol. The van der Waals surface area contributed by atoms with Crippen LogP contribution in [-0.2, 0) is 32.2 Å². The number of esters is 1. The average molecular weight is 517 g/mol. The Hall–Kier alpha value is -2.63. The summed E-state index contributed by atoms with van der Waals surface area (Å²) in [5.74, 6) is -0.531. The van der Waals surface area contributed by atoms with Gasteiger partial charge < -0.3 is 14.6 Å². The summed E-state index contributed by atoms with van der Waals surface area (Å²) in [6.07, 6.45) is -10.4. The number of rotatable bonds is 6. The van der Waals surface area contributed by atoms with Crippen LogP contribution in [0.4, 0.5) is 26.3 Å². The van der Waals surface area contributed by atoms with Crippen molar-refractivity contribution in [3.8, 4) is 0 Å². The summed E-state index contributed by atoms with van der Waals surface area (Å²) in [7, 11) is 0. The van der Waals surface area contributed by atoms with Crippen molar-refractivity contribution in [2.75, 3.05) is 26.3 Å². The van der Waals surface area contributed by atoms with Gasteiger partial charge in [-0.25, -0.2) is 0 Å². The lowest BCUT2D eigenvalue weighted by atomic mass is 9.75. The fraction of sp³-hybridized carbons (Fsp3) is 0.480. The van der Waals surface area contributed by atoms with Crippen molar-refractivity contribution < 1.29 is 45.7 Å². The average Bonchev–Trinajstić information content (AvgIpc) is 2.82. The first-order valence-electron chi connectivity index (χ1n) is 11.3. The maximum Gasteiger partial charge on any atom is 0.416 e. The Morgan fingerprint density at radius 2 is 1.64 bits per heavy atom. The molecule has 0 radical (unpaired) electrons. The lowest BCUT2D eigenvalue weighted by molar-refractivity contribution is -0.210. The van der Waals surface area contributed by atoms with Gasteiger partial charge in [-0.2, -0.15) is 26.3 Å². The van der Waals surface area contributed by atoms with Crippen LogP contribution in [0, 0.1) is 0 Å². The highest BCUT2D eigenvalue weighted by Gasteiger charge is 2.54. The fourth-order valence-corrected chi connectivity index (χ4v) is 4.95. The van der Waals surface area contributed by atoms with Gasteiger partial charge in [0.25, 0.3) is 0 Å². The lowest BCUT2D eigenvalue weighted by Gasteiger charge is -2.55. The summed E-state index contributed by atoms with van der Waals surface area (Å²) < 4.78 is 91.3. The maximum absolute atomic E-state index is 13.3. The van der Waals surface area contributed by atoms with E-state index >= 15 is 0 Å². The van der Waals surface area contributed by atoms with E-state index < -0.39 is 46.7 Å². The highest BCUT2D eigenvalue weighted by Crippen LogP contribution is 2.45. The van der Waals surface area contributed by atoms with Gasteiger partial charge in [-0.3, -0.25) is 9.69 Å². The molecule has 2 saturated heterocycles. The summed E-state index contributed by atoms with van der Waals surface area (Å²) in [6.45, 7) is 1.02. The fourth-order valence-electron chi connectivity index (χ4n) is 4.95. The van der Waals surface area contributed by atoms with E-state index in [0.29, 0.717) is 25.0 Å². The number of fused-ring (bicyclic) bond motifs is 2. The molecule has 4 atom stereocenters. The molecule has 36 heavy (non-hydrogen) atoms. The molecule has 0 amide bonds. The number of halogens is 6. The Labute approximate surface area is 203 Å². The minimum Gasteiger partial charge on any atom is -0.454 e. The molecule has 5 nitrogen and oxygen atoms in total. The van der Waals surface area contributed by atoms with Gasteiger partial charge in [0.1, 0.15) is 5.60 Å². The van der Waals surface area contributed by atoms with E-state index in [1.54, 1.807) is 18.2 Å². The summed E-state index contributed by atoms with van der Waals surface area (Å²) >= 11 is 0. The number of piperidine rings is 1. The zero-order chi connectivity index (χ0) is 26.4. The minimum atomic E-state index is -4.97. The lowest BCUT2D eigenvalue weighted by Crippen LogP contribution is -2.67. The molecule has 2 aliphatic rings. The quantitative estimate of drug-likeness (QED) is 0.428. The molecule has 1 N–H and O–H groups in total. The summed E-state index contributed by atoms with van der Waals surface area (Å²) in [5.41, 5.74) is -4.28. The Morgan fingerprint density at radius 1 is 1.03 bits per heavy atom. The van der Waals surface area contributed by atoms with Crippen LogP contribution in [0.3, 0.4) is 0 Å². The summed E-state index contributed by atoms with van der Waals surface area (Å²) in [5, 5.41) is 9.88. The van der Waals surface area contributed by atoms with Gasteiger partial charge >= 0.3 is 18.3 Å². The number of benzene rings is 2. The van der Waals surface area contributed by atoms with Crippen LogP contribution in [0.5, 0.6) is 0 Å². The molecule has 0 aliphatic carbocycles. The first kappa shape index (κ1) is 26.4. The van der Waals surface area contributed by atoms with Crippen molar-refractivity contribution in [3.63, 3.8) is 0 Å². The molecular formula is C25H25F6NO4. The van der Waals surface area contributed by atoms with Crippen LogP contribution in [0.2, 0.25) is 0 Å². The zero-order valence-electron chi connectivity index (χ0n) is 19.3. The predicted molar refractivity (Wildman–Crippen MR) is 116 cm³/mol. The van der Waals surface area contributed by atoms with Crippen LogP contribution in [0.1, 0.15) is 48.1 Å². The molecule has 2 aromatic carbocycles. The number of hydrogen-bond acceptors (Lipinski definition) is 5. The van der Waals surface area contributed by atoms with Gasteiger partial charge in [-0.1, -0.05) is 30.3 Å². The third kappa shape index (κ3) is 5.09. The molecule has 2 bridgehead atoms. The van der Waals surface area contributed by atoms with Crippen molar-refractivity contribution in [1.29, 1.82) is 0 Å². The molecule has 2 fully saturated rings. The number of nitrogens with zero attached hydrogens (tertiary/aromatic N) is 1. The van der Waals surface area contributed by atoms with E-state index in [-0.39, 0.29) is 37.9 Å². The Bertz CT molecular complexity index is 1070. The van der Waals surface area contributed by atoms with Gasteiger partial charge in [0.2, 0.25) is 0 Å². The largest absolute Gasteiger partial charge is 0.454 e. The first-order chi connectivity index (χ1) is 16.8. The van der Waals surface area contributed by atoms with Crippen molar-refractivity contribution in [1.82, 2.24) is 4.90 Å². The normalized spacial score (nSPS) is 27.4. The zero-order valence-corrected chi connectivity index (χ0v) is 19.3. The topological polar surface area (TPSA) is 59.0 Å². The van der Waals surface area contributed by atoms with Gasteiger partial charge in [0.05, 0.1) is 42.5 Å². The van der Waals surface area contributed by atoms with Gasteiger partial charge in [-0.15, -0.1) is 0 Å². The highest BCUT2D eigenvalue weighted by atomic mass is 19.4. The number of alkyl halides is 6. The number of carbonyl (C=O) groups excluding carboxylic acids is 1. The van der Waals surface area contributed by atoms with Crippen molar-refractivity contribution in [3.05, 3.63) is 70.8 Å². The molecule has 11 heteroatoms. The second-order valence-electron chi connectivity index (χ2n) is 9.36. The third-order valence-electron chi connectivity index (χ3n) is 6.98. The molecule has 0 saturated carbocycles. The van der Waals surface area contributed by atoms with E-state index in [2.05, 4.69) is 0 Å². The first-order valence-corrected chi connectivity index (χ1v) is 11.3. The van der Waals surface area contributed by atoms with E-state index in [9.17, 15) is 36.2 Å². The number of ether oxygens (including phenoxy) is 2. The van der Waals surface area contributed by atoms with Crippen LogP contribution >= 0.6 is 0 Å². The summed E-state index contributed by atoms with van der Waals surface area (Å²) in [4.78, 5) is 14.2. The monoisotopic (exact) mass is 517 g/mol. The van der Waals surface area contributed by atoms with E-state index in [1.165, 1.54) is 6.92 Å². The molecule has 2 heterocycles. The number of hydrogen-bond donors (Lipinski definition) is 1. The predicted octanol–water partition coefficient (Wildman–Crippen LogP) is 5.08. The molecule has 2 aromatic rings. The van der Waals surface area contributed by atoms with Gasteiger partial charge in [0.15, 0.2) is 0 Å². The number of aliphatic hydroxyl groups excluding tert-OH is 1. The maximum atomic E-state index is 13.3. The Kier molecular flexibility index (Phi) is 6.87. The number of morpholine rings is 1. The van der Waals surface area contributed by atoms with Crippen LogP contribution < -0.4 is 0 Å². The van der Waals surface area contributed by atoms with E-state index in [1.807, 2.05) is 17.0 Å². The molecule has 1 unspecified atom stereocenters. The van der Waals surface area contributed by atoms with E-state index in [0.717, 1.165) is 5.56 Å². The van der Waals surface area contributed by atoms with Crippen molar-refractivity contribution in [2.24, 2.45) is 0 Å². The molecule has 0 spiro atoms. The number of aliphatic hydroxyl groups is 1. The molecule has 0 aromatic heterocycles. The number of carbonyl (C=O) groups is 1. The van der Waals surface area contributed by atoms with Crippen LogP contribution in [0.15, 0.2) is 48.5 Å². The molecule has 2 aliphatic heterocycles. The second kappa shape index (κ2) is 9.35. The Balaban J connectivity index is 1.67. The summed E-state index contributed by atoms with van der Waals surface area (Å²) in [6, 6.07) is 10.4. The molecule has 196 valence electrons. The minimum absolute atomic E-state index is 0.0800. The molecule has 4 rings (SSSR count). The van der Waals surface area contributed by atoms with E-state index in [4.69, 9.17) is 9.47 Å². The Morgan fingerprint density at radius 3 is 2.19 bits per heavy atom. The highest BCUT2D eigenvalue weighted by molar-refractivity contribution is 5.73. The van der Waals surface area contributed by atoms with Crippen molar-refractivity contribution >= 4 is 5.97 Å².